The maximum absolute atomic E-state index is 12.9. The number of aromatic nitrogens is 2. The van der Waals surface area contributed by atoms with E-state index < -0.39 is 10.0 Å². The number of nitrogens with one attached hydrogen (secondary N) is 1. The van der Waals surface area contributed by atoms with Crippen molar-refractivity contribution in [1.82, 2.24) is 14.3 Å². The first kappa shape index (κ1) is 17.1. The second-order valence-electron chi connectivity index (χ2n) is 6.26. The molecule has 1 aromatic carbocycles. The molecule has 1 aliphatic rings. The molecule has 0 amide bonds. The van der Waals surface area contributed by atoms with Gasteiger partial charge in [-0.25, -0.2) is 18.1 Å². The average molecular weight is 349 g/mol. The van der Waals surface area contributed by atoms with Crippen LogP contribution in [0.15, 0.2) is 41.6 Å². The van der Waals surface area contributed by atoms with E-state index in [9.17, 15) is 8.42 Å². The van der Waals surface area contributed by atoms with Crippen LogP contribution in [0.25, 0.3) is 0 Å². The topological polar surface area (TPSA) is 73.2 Å². The van der Waals surface area contributed by atoms with Crippen molar-refractivity contribution in [3.8, 4) is 0 Å². The fraction of sp³-hybridized carbons (Fsp3) is 0.471. The number of aryl methyl sites for hydroxylation is 2. The summed E-state index contributed by atoms with van der Waals surface area (Å²) >= 11 is 0. The molecule has 24 heavy (non-hydrogen) atoms. The highest BCUT2D eigenvalue weighted by atomic mass is 32.2. The van der Waals surface area contributed by atoms with E-state index in [4.69, 9.17) is 4.74 Å². The SMILES string of the molecule is Cc1cccc(S(=O)(=O)NC(c2nccn2C)C2CCOCC2)c1. The third-order valence-corrected chi connectivity index (χ3v) is 5.89. The molecule has 1 aliphatic heterocycles. The molecular formula is C17H23N3O3S. The Morgan fingerprint density at radius 2 is 2.08 bits per heavy atom. The Bertz CT molecular complexity index is 795. The molecule has 6 nitrogen and oxygen atoms in total. The van der Waals surface area contributed by atoms with E-state index >= 15 is 0 Å². The molecule has 0 radical (unpaired) electrons. The molecule has 130 valence electrons. The molecule has 1 unspecified atom stereocenters. The maximum Gasteiger partial charge on any atom is 0.241 e. The molecule has 7 heteroatoms. The molecular weight excluding hydrogens is 326 g/mol. The van der Waals surface area contributed by atoms with Gasteiger partial charge in [0.15, 0.2) is 0 Å². The summed E-state index contributed by atoms with van der Waals surface area (Å²) < 4.78 is 35.9. The highest BCUT2D eigenvalue weighted by Gasteiger charge is 2.32. The van der Waals surface area contributed by atoms with Gasteiger partial charge in [-0.1, -0.05) is 12.1 Å². The van der Waals surface area contributed by atoms with Gasteiger partial charge in [-0.2, -0.15) is 0 Å². The number of ether oxygens (including phenoxy) is 1. The zero-order valence-corrected chi connectivity index (χ0v) is 14.8. The van der Waals surface area contributed by atoms with Crippen molar-refractivity contribution < 1.29 is 13.2 Å². The molecule has 1 atom stereocenters. The number of sulfonamides is 1. The van der Waals surface area contributed by atoms with Crippen molar-refractivity contribution in [2.75, 3.05) is 13.2 Å². The van der Waals surface area contributed by atoms with Crippen molar-refractivity contribution in [2.24, 2.45) is 13.0 Å². The fourth-order valence-corrected chi connectivity index (χ4v) is 4.47. The first-order chi connectivity index (χ1) is 11.5. The Morgan fingerprint density at radius 3 is 2.71 bits per heavy atom. The number of rotatable bonds is 5. The van der Waals surface area contributed by atoms with Gasteiger partial charge in [-0.3, -0.25) is 0 Å². The standard InChI is InChI=1S/C17H23N3O3S/c1-13-4-3-5-15(12-13)24(21,22)19-16(14-6-10-23-11-7-14)17-18-8-9-20(17)2/h3-5,8-9,12,14,16,19H,6-7,10-11H2,1-2H3. The van der Waals surface area contributed by atoms with E-state index in [2.05, 4.69) is 9.71 Å². The van der Waals surface area contributed by atoms with Crippen LogP contribution in [-0.4, -0.2) is 31.2 Å². The number of hydrogen-bond acceptors (Lipinski definition) is 4. The quantitative estimate of drug-likeness (QED) is 0.898. The molecule has 2 aromatic rings. The van der Waals surface area contributed by atoms with Gasteiger partial charge >= 0.3 is 0 Å². The summed E-state index contributed by atoms with van der Waals surface area (Å²) in [7, 11) is -1.73. The highest BCUT2D eigenvalue weighted by molar-refractivity contribution is 7.89. The summed E-state index contributed by atoms with van der Waals surface area (Å²) in [6, 6.07) is 6.58. The van der Waals surface area contributed by atoms with Crippen molar-refractivity contribution >= 4 is 10.0 Å². The van der Waals surface area contributed by atoms with Crippen LogP contribution in [0.5, 0.6) is 0 Å². The van der Waals surface area contributed by atoms with E-state index in [1.54, 1.807) is 24.4 Å². The Balaban J connectivity index is 1.92. The van der Waals surface area contributed by atoms with E-state index in [0.29, 0.717) is 13.2 Å². The van der Waals surface area contributed by atoms with Crippen molar-refractivity contribution in [3.63, 3.8) is 0 Å². The molecule has 1 aromatic heterocycles. The second kappa shape index (κ2) is 7.04. The summed E-state index contributed by atoms with van der Waals surface area (Å²) in [6.07, 6.45) is 5.16. The average Bonchev–Trinajstić information content (AvgIpc) is 2.99. The third kappa shape index (κ3) is 3.68. The van der Waals surface area contributed by atoms with Gasteiger partial charge in [0.1, 0.15) is 5.82 Å². The lowest BCUT2D eigenvalue weighted by Gasteiger charge is -2.30. The van der Waals surface area contributed by atoms with Gasteiger partial charge < -0.3 is 9.30 Å². The van der Waals surface area contributed by atoms with E-state index in [1.807, 2.05) is 30.8 Å². The van der Waals surface area contributed by atoms with Crippen molar-refractivity contribution in [1.29, 1.82) is 0 Å². The second-order valence-corrected chi connectivity index (χ2v) is 7.98. The molecule has 0 spiro atoms. The minimum Gasteiger partial charge on any atom is -0.381 e. The van der Waals surface area contributed by atoms with Crippen LogP contribution in [0.1, 0.15) is 30.3 Å². The zero-order valence-electron chi connectivity index (χ0n) is 14.0. The summed E-state index contributed by atoms with van der Waals surface area (Å²) in [5, 5.41) is 0. The van der Waals surface area contributed by atoms with Crippen LogP contribution in [0.3, 0.4) is 0 Å². The van der Waals surface area contributed by atoms with E-state index in [0.717, 1.165) is 24.2 Å². The van der Waals surface area contributed by atoms with Gasteiger partial charge in [0.05, 0.1) is 10.9 Å². The zero-order chi connectivity index (χ0) is 17.2. The molecule has 2 heterocycles. The van der Waals surface area contributed by atoms with E-state index in [-0.39, 0.29) is 16.9 Å². The lowest BCUT2D eigenvalue weighted by atomic mass is 9.92. The van der Waals surface area contributed by atoms with Crippen molar-refractivity contribution in [3.05, 3.63) is 48.0 Å². The highest BCUT2D eigenvalue weighted by Crippen LogP contribution is 2.30. The number of nitrogens with zero attached hydrogens (tertiary/aromatic N) is 2. The summed E-state index contributed by atoms with van der Waals surface area (Å²) in [6.45, 7) is 3.18. The van der Waals surface area contributed by atoms with Gasteiger partial charge in [0.25, 0.3) is 0 Å². The molecule has 0 aliphatic carbocycles. The maximum atomic E-state index is 12.9. The summed E-state index contributed by atoms with van der Waals surface area (Å²) in [5.41, 5.74) is 0.914. The fourth-order valence-electron chi connectivity index (χ4n) is 3.10. The monoisotopic (exact) mass is 349 g/mol. The van der Waals surface area contributed by atoms with Crippen LogP contribution in [0.4, 0.5) is 0 Å². The Morgan fingerprint density at radius 1 is 1.33 bits per heavy atom. The van der Waals surface area contributed by atoms with Crippen LogP contribution >= 0.6 is 0 Å². The normalized spacial score (nSPS) is 17.8. The Kier molecular flexibility index (Phi) is 5.03. The molecule has 1 N–H and O–H groups in total. The van der Waals surface area contributed by atoms with Crippen LogP contribution in [0, 0.1) is 12.8 Å². The molecule has 0 bridgehead atoms. The summed E-state index contributed by atoms with van der Waals surface area (Å²) in [4.78, 5) is 4.67. The van der Waals surface area contributed by atoms with Gasteiger partial charge in [0.2, 0.25) is 10.0 Å². The molecule has 1 fully saturated rings. The predicted molar refractivity (Wildman–Crippen MR) is 91.0 cm³/mol. The minimum absolute atomic E-state index is 0.166. The van der Waals surface area contributed by atoms with E-state index in [1.165, 1.54) is 0 Å². The molecule has 3 rings (SSSR count). The first-order valence-corrected chi connectivity index (χ1v) is 9.59. The predicted octanol–water partition coefficient (Wildman–Crippen LogP) is 2.17. The molecule has 1 saturated heterocycles. The van der Waals surface area contributed by atoms with Crippen LogP contribution in [-0.2, 0) is 21.8 Å². The van der Waals surface area contributed by atoms with Gasteiger partial charge in [-0.15, -0.1) is 0 Å². The smallest absolute Gasteiger partial charge is 0.241 e. The summed E-state index contributed by atoms with van der Waals surface area (Å²) in [5.74, 6) is 0.901. The largest absolute Gasteiger partial charge is 0.381 e. The molecule has 0 saturated carbocycles. The Labute approximate surface area is 142 Å². The Hall–Kier alpha value is -1.70. The van der Waals surface area contributed by atoms with Crippen LogP contribution < -0.4 is 4.72 Å². The number of hydrogen-bond donors (Lipinski definition) is 1. The van der Waals surface area contributed by atoms with Gasteiger partial charge in [-0.05, 0) is 43.4 Å². The third-order valence-electron chi connectivity index (χ3n) is 4.46. The lowest BCUT2D eigenvalue weighted by Crippen LogP contribution is -2.37. The van der Waals surface area contributed by atoms with Gasteiger partial charge in [0, 0.05) is 32.7 Å². The number of benzene rings is 1. The first-order valence-electron chi connectivity index (χ1n) is 8.11. The van der Waals surface area contributed by atoms with Crippen molar-refractivity contribution in [2.45, 2.75) is 30.7 Å². The number of imidazole rings is 1. The van der Waals surface area contributed by atoms with Crippen LogP contribution in [0.2, 0.25) is 0 Å². The lowest BCUT2D eigenvalue weighted by molar-refractivity contribution is 0.0551. The minimum atomic E-state index is -3.62.